The summed E-state index contributed by atoms with van der Waals surface area (Å²) in [4.78, 5) is 48.5. The second-order valence-corrected chi connectivity index (χ2v) is 7.55. The van der Waals surface area contributed by atoms with Crippen molar-refractivity contribution in [2.24, 2.45) is 0 Å². The van der Waals surface area contributed by atoms with E-state index in [4.69, 9.17) is 11.6 Å². The molecule has 174 valence electrons. The largest absolute Gasteiger partial charge is 0.520 e. The Bertz CT molecular complexity index is 915. The van der Waals surface area contributed by atoms with Crippen molar-refractivity contribution < 1.29 is 23.9 Å². The van der Waals surface area contributed by atoms with Gasteiger partial charge >= 0.3 is 5.97 Å². The first kappa shape index (κ1) is 27.3. The summed E-state index contributed by atoms with van der Waals surface area (Å²) in [6, 6.07) is 5.25. The average molecular weight is 709 g/mol. The standard InChI is InChI=1S/C19H18ClN2O5S.C2H6.Fm/c1-10-11(2)28-19(16(10)17(25)12-4-6-13(20)7-5-12)22-18(26)14(21-9-23)8-15(24)27-3;1-2;/h4-7,14H,8H2,1-3H3,(H,21,23)(H,22,26);1-2H3;/q-1;;. The Labute approximate surface area is 184 Å². The van der Waals surface area contributed by atoms with Crippen LogP contribution in [0.25, 0.3) is 0 Å². The zero-order chi connectivity index (χ0) is 22.8. The van der Waals surface area contributed by atoms with Gasteiger partial charge in [-0.3, -0.25) is 14.4 Å². The van der Waals surface area contributed by atoms with Crippen molar-refractivity contribution in [1.29, 1.82) is 0 Å². The van der Waals surface area contributed by atoms with Gasteiger partial charge in [0, 0.05) is 15.5 Å². The van der Waals surface area contributed by atoms with E-state index in [1.807, 2.05) is 20.8 Å². The summed E-state index contributed by atoms with van der Waals surface area (Å²) in [5.41, 5.74) is 1.51. The number of carbonyl (C=O) groups is 3. The van der Waals surface area contributed by atoms with E-state index in [0.717, 1.165) is 10.4 Å². The number of hydrogen-bond donors (Lipinski definition) is 2. The molecule has 1 aromatic carbocycles. The van der Waals surface area contributed by atoms with E-state index in [9.17, 15) is 19.2 Å². The number of benzene rings is 1. The van der Waals surface area contributed by atoms with Gasteiger partial charge in [0.2, 0.25) is 5.91 Å². The quantitative estimate of drug-likeness (QED) is 0.188. The number of hydrogen-bond acceptors (Lipinski definition) is 6. The molecule has 1 aromatic heterocycles. The minimum atomic E-state index is -1.17. The van der Waals surface area contributed by atoms with Crippen molar-refractivity contribution in [1.82, 2.24) is 5.32 Å². The predicted molar refractivity (Wildman–Crippen MR) is 118 cm³/mol. The summed E-state index contributed by atoms with van der Waals surface area (Å²) >= 11 is 7.11. The average Bonchev–Trinajstić information content (AvgIpc) is 3.02. The second-order valence-electron chi connectivity index (χ2n) is 5.89. The van der Waals surface area contributed by atoms with Crippen LogP contribution < -0.4 is 10.6 Å². The van der Waals surface area contributed by atoms with Gasteiger partial charge in [0.25, 0.3) is 0 Å². The number of nitrogens with one attached hydrogen (secondary N) is 2. The van der Waals surface area contributed by atoms with Gasteiger partial charge in [0.05, 0.1) is 25.1 Å². The molecule has 0 aliphatic heterocycles. The summed E-state index contributed by atoms with van der Waals surface area (Å²) in [7, 11) is 1.18. The van der Waals surface area contributed by atoms with E-state index in [1.54, 1.807) is 31.2 Å². The number of esters is 1. The molecule has 2 rings (SSSR count). The number of carbonyl (C=O) groups excluding carboxylic acids is 4. The van der Waals surface area contributed by atoms with E-state index in [2.05, 4.69) is 15.4 Å². The van der Waals surface area contributed by atoms with Crippen LogP contribution in [-0.4, -0.2) is 37.2 Å². The van der Waals surface area contributed by atoms with Crippen molar-refractivity contribution in [3.63, 3.8) is 0 Å². The first-order valence-electron chi connectivity index (χ1n) is 9.19. The van der Waals surface area contributed by atoms with Crippen LogP contribution in [0.15, 0.2) is 24.3 Å². The van der Waals surface area contributed by atoms with E-state index in [0.29, 0.717) is 21.2 Å². The van der Waals surface area contributed by atoms with E-state index in [-0.39, 0.29) is 12.2 Å². The Morgan fingerprint density at radius 1 is 1.16 bits per heavy atom. The van der Waals surface area contributed by atoms with Gasteiger partial charge in [-0.15, -0.1) is 11.3 Å². The number of anilines is 1. The topological polar surface area (TPSA) is 102 Å². The van der Waals surface area contributed by atoms with Gasteiger partial charge in [0.15, 0.2) is 5.78 Å². The molecule has 2 aromatic rings. The summed E-state index contributed by atoms with van der Waals surface area (Å²) < 4.78 is 4.53. The number of aryl methyl sites for hydroxylation is 1. The fourth-order valence-corrected chi connectivity index (χ4v) is 3.65. The number of thiophene rings is 1. The molecule has 0 radical (unpaired) electrons. The third-order valence-corrected chi connectivity index (χ3v) is 5.48. The molecule has 0 spiro atoms. The maximum atomic E-state index is 13.0. The minimum Gasteiger partial charge on any atom is -0.520 e. The summed E-state index contributed by atoms with van der Waals surface area (Å²) in [6.45, 7) is 7.62. The Balaban J connectivity index is 0.00000291. The predicted octanol–water partition coefficient (Wildman–Crippen LogP) is 3.80. The molecule has 1 heterocycles. The van der Waals surface area contributed by atoms with Gasteiger partial charge in [-0.05, 0) is 43.7 Å². The molecular weight excluding hydrogens is 685 g/mol. The summed E-state index contributed by atoms with van der Waals surface area (Å²) in [5.74, 6) is -1.59. The number of halogens is 1. The minimum absolute atomic E-state index is 0. The number of ketones is 1. The molecule has 0 bridgehead atoms. The van der Waals surface area contributed by atoms with E-state index >= 15 is 0 Å². The molecule has 10 heteroatoms. The first-order valence-corrected chi connectivity index (χ1v) is 10.4. The molecule has 0 aliphatic carbocycles. The van der Waals surface area contributed by atoms with Crippen LogP contribution in [-0.2, 0) is 19.1 Å². The van der Waals surface area contributed by atoms with Crippen molar-refractivity contribution in [3.8, 4) is 0 Å². The summed E-state index contributed by atoms with van der Waals surface area (Å²) in [5, 5.41) is 5.64. The van der Waals surface area contributed by atoms with Gasteiger partial charge in [-0.2, -0.15) is 6.41 Å². The van der Waals surface area contributed by atoms with E-state index in [1.165, 1.54) is 24.9 Å². The maximum Gasteiger partial charge on any atom is 0.308 e. The third-order valence-electron chi connectivity index (χ3n) is 4.10. The molecule has 7 nitrogen and oxygen atoms in total. The van der Waals surface area contributed by atoms with Crippen LogP contribution in [0.3, 0.4) is 0 Å². The zero-order valence-electron chi connectivity index (χ0n) is 17.7. The van der Waals surface area contributed by atoms with Gasteiger partial charge in [0.1, 0.15) is 5.00 Å². The second kappa shape index (κ2) is 12.8. The molecule has 31 heavy (non-hydrogen) atoms. The molecule has 1 atom stereocenters. The van der Waals surface area contributed by atoms with Crippen LogP contribution in [0, 0.1) is 13.8 Å². The molecular formula is C21H24ClFmN2O5S-. The van der Waals surface area contributed by atoms with Gasteiger partial charge in [-0.1, -0.05) is 25.4 Å². The Morgan fingerprint density at radius 3 is 2.26 bits per heavy atom. The molecule has 0 saturated heterocycles. The molecule has 0 saturated carbocycles. The number of methoxy groups -OCH3 is 1. The normalized spacial score (nSPS) is 10.5. The SMILES string of the molecule is CC.COC(=O)CC(N[C-]=O)C(=O)Nc1sc(C)c(C)c1C(=O)c1ccc(Cl)cc1.[Fm]. The molecule has 2 amide bonds. The molecule has 0 fully saturated rings. The maximum absolute atomic E-state index is 13.0. The smallest absolute Gasteiger partial charge is 0.308 e. The van der Waals surface area contributed by atoms with Crippen molar-refractivity contribution >= 4 is 52.0 Å². The molecule has 1 unspecified atom stereocenters. The molecule has 2 N–H and O–H groups in total. The van der Waals surface area contributed by atoms with Crippen molar-refractivity contribution in [2.45, 2.75) is 40.2 Å². The van der Waals surface area contributed by atoms with Crippen LogP contribution in [0.4, 0.5) is 5.00 Å². The number of rotatable bonds is 8. The van der Waals surface area contributed by atoms with Crippen molar-refractivity contribution in [3.05, 3.63) is 50.9 Å². The summed E-state index contributed by atoms with van der Waals surface area (Å²) in [6.07, 6.45) is 1.04. The Kier molecular flexibility index (Phi) is 11.2. The van der Waals surface area contributed by atoms with Crippen LogP contribution in [0.1, 0.15) is 46.6 Å². The van der Waals surface area contributed by atoms with Crippen LogP contribution in [0.5, 0.6) is 0 Å². The Morgan fingerprint density at radius 2 is 1.74 bits per heavy atom. The van der Waals surface area contributed by atoms with Crippen LogP contribution in [0.2, 0.25) is 5.02 Å². The first-order chi connectivity index (χ1) is 14.3. The van der Waals surface area contributed by atoms with Crippen LogP contribution >= 0.6 is 22.9 Å². The Hall–Kier alpha value is -3.71. The van der Waals surface area contributed by atoms with E-state index < -0.39 is 17.9 Å². The third kappa shape index (κ3) is 6.94. The fraction of sp³-hybridized carbons (Fsp3) is 0.333. The van der Waals surface area contributed by atoms with Crippen molar-refractivity contribution in [2.75, 3.05) is 12.4 Å². The van der Waals surface area contributed by atoms with Gasteiger partial charge < -0.3 is 20.2 Å². The number of amides is 2. The van der Waals surface area contributed by atoms with Gasteiger partial charge in [-0.25, -0.2) is 0 Å². The molecule has 0 aliphatic rings. The zero-order valence-corrected chi connectivity index (χ0v) is 21.7. The number of ether oxygens (including phenoxy) is 1. The monoisotopic (exact) mass is 708 g/mol. The fourth-order valence-electron chi connectivity index (χ4n) is 2.46.